The number of benzene rings is 2. The van der Waals surface area contributed by atoms with Gasteiger partial charge in [-0.05, 0) is 48.5 Å². The van der Waals surface area contributed by atoms with Gasteiger partial charge in [-0.25, -0.2) is 0 Å². The largest absolute Gasteiger partial charge is 0.455 e. The minimum absolute atomic E-state index is 0.0494. The van der Waals surface area contributed by atoms with Crippen LogP contribution in [0.2, 0.25) is 0 Å². The van der Waals surface area contributed by atoms with Crippen molar-refractivity contribution in [1.29, 1.82) is 0 Å². The molecule has 0 radical (unpaired) electrons. The standard InChI is InChI=1S/C22H21BrN4O6/c1-13(28)24-17-6-8-18(9-7-17)25-19(29)12-33-22(32)15-10-20(30)27(11-15)26-21(31)14-2-4-16(23)5-3-14/h2-9,15H,10-12H2,1H3,(H,24,28)(H,25,29)(H,26,31)/t15-/m1/s1. The number of esters is 1. The van der Waals surface area contributed by atoms with Crippen molar-refractivity contribution in [3.63, 3.8) is 0 Å². The van der Waals surface area contributed by atoms with E-state index >= 15 is 0 Å². The number of rotatable bonds is 7. The van der Waals surface area contributed by atoms with Gasteiger partial charge in [-0.15, -0.1) is 0 Å². The second-order valence-electron chi connectivity index (χ2n) is 7.27. The fourth-order valence-electron chi connectivity index (χ4n) is 3.05. The predicted octanol–water partition coefficient (Wildman–Crippen LogP) is 2.08. The average Bonchev–Trinajstić information content (AvgIpc) is 3.13. The lowest BCUT2D eigenvalue weighted by Crippen LogP contribution is -2.43. The van der Waals surface area contributed by atoms with Gasteiger partial charge < -0.3 is 15.4 Å². The lowest BCUT2D eigenvalue weighted by atomic mass is 10.1. The first kappa shape index (κ1) is 23.9. The van der Waals surface area contributed by atoms with Crippen LogP contribution >= 0.6 is 15.9 Å². The summed E-state index contributed by atoms with van der Waals surface area (Å²) in [6.45, 7) is 0.811. The van der Waals surface area contributed by atoms with Crippen molar-refractivity contribution in [1.82, 2.24) is 10.4 Å². The highest BCUT2D eigenvalue weighted by atomic mass is 79.9. The van der Waals surface area contributed by atoms with Crippen LogP contribution in [0.5, 0.6) is 0 Å². The Morgan fingerprint density at radius 2 is 1.61 bits per heavy atom. The molecular formula is C22H21BrN4O6. The average molecular weight is 517 g/mol. The highest BCUT2D eigenvalue weighted by Crippen LogP contribution is 2.19. The maximum Gasteiger partial charge on any atom is 0.311 e. The second kappa shape index (κ2) is 10.7. The van der Waals surface area contributed by atoms with E-state index in [4.69, 9.17) is 4.74 Å². The lowest BCUT2D eigenvalue weighted by Gasteiger charge is -2.17. The van der Waals surface area contributed by atoms with Gasteiger partial charge in [-0.3, -0.25) is 34.4 Å². The first-order valence-corrected chi connectivity index (χ1v) is 10.7. The Hall–Kier alpha value is -3.73. The van der Waals surface area contributed by atoms with Gasteiger partial charge >= 0.3 is 5.97 Å². The number of nitrogens with one attached hydrogen (secondary N) is 3. The van der Waals surface area contributed by atoms with E-state index in [9.17, 15) is 24.0 Å². The van der Waals surface area contributed by atoms with Crippen molar-refractivity contribution in [3.05, 3.63) is 58.6 Å². The maximum absolute atomic E-state index is 12.3. The third-order valence-electron chi connectivity index (χ3n) is 4.64. The van der Waals surface area contributed by atoms with Crippen molar-refractivity contribution in [2.45, 2.75) is 13.3 Å². The molecule has 2 aromatic carbocycles. The number of amides is 4. The van der Waals surface area contributed by atoms with Crippen molar-refractivity contribution in [2.75, 3.05) is 23.8 Å². The van der Waals surface area contributed by atoms with Crippen LogP contribution in [-0.2, 0) is 23.9 Å². The molecule has 1 heterocycles. The highest BCUT2D eigenvalue weighted by molar-refractivity contribution is 9.10. The Morgan fingerprint density at radius 3 is 2.21 bits per heavy atom. The zero-order chi connectivity index (χ0) is 24.0. The van der Waals surface area contributed by atoms with Gasteiger partial charge in [0.25, 0.3) is 11.8 Å². The molecule has 172 valence electrons. The molecule has 33 heavy (non-hydrogen) atoms. The van der Waals surface area contributed by atoms with Gasteiger partial charge in [0, 0.05) is 34.8 Å². The summed E-state index contributed by atoms with van der Waals surface area (Å²) in [6.07, 6.45) is -0.133. The minimum atomic E-state index is -0.799. The van der Waals surface area contributed by atoms with Gasteiger partial charge in [0.2, 0.25) is 11.8 Å². The maximum atomic E-state index is 12.3. The number of ether oxygens (including phenoxy) is 1. The molecule has 1 aliphatic heterocycles. The smallest absolute Gasteiger partial charge is 0.311 e. The van der Waals surface area contributed by atoms with Crippen molar-refractivity contribution in [3.8, 4) is 0 Å². The normalized spacial score (nSPS) is 15.0. The molecule has 3 rings (SSSR count). The fourth-order valence-corrected chi connectivity index (χ4v) is 3.32. The van der Waals surface area contributed by atoms with E-state index in [0.29, 0.717) is 16.9 Å². The summed E-state index contributed by atoms with van der Waals surface area (Å²) in [4.78, 5) is 59.8. The van der Waals surface area contributed by atoms with Crippen molar-refractivity contribution < 1.29 is 28.7 Å². The Bertz CT molecular complexity index is 1070. The first-order chi connectivity index (χ1) is 15.7. The first-order valence-electron chi connectivity index (χ1n) is 9.92. The van der Waals surface area contributed by atoms with E-state index < -0.39 is 36.2 Å². The zero-order valence-corrected chi connectivity index (χ0v) is 19.2. The summed E-state index contributed by atoms with van der Waals surface area (Å²) in [5.41, 5.74) is 3.88. The summed E-state index contributed by atoms with van der Waals surface area (Å²) in [5, 5.41) is 6.25. The number of nitrogens with zero attached hydrogens (tertiary/aromatic N) is 1. The molecule has 1 atom stereocenters. The molecule has 11 heteroatoms. The lowest BCUT2D eigenvalue weighted by molar-refractivity contribution is -0.151. The highest BCUT2D eigenvalue weighted by Gasteiger charge is 2.36. The molecule has 0 bridgehead atoms. The molecule has 4 amide bonds. The molecule has 0 spiro atoms. The molecule has 2 aromatic rings. The van der Waals surface area contributed by atoms with E-state index in [1.807, 2.05) is 0 Å². The van der Waals surface area contributed by atoms with Crippen LogP contribution in [0.4, 0.5) is 11.4 Å². The molecule has 1 aliphatic rings. The summed E-state index contributed by atoms with van der Waals surface area (Å²) < 4.78 is 5.84. The monoisotopic (exact) mass is 516 g/mol. The second-order valence-corrected chi connectivity index (χ2v) is 8.18. The predicted molar refractivity (Wildman–Crippen MR) is 122 cm³/mol. The topological polar surface area (TPSA) is 134 Å². The molecule has 1 saturated heterocycles. The van der Waals surface area contributed by atoms with Crippen molar-refractivity contribution >= 4 is 56.9 Å². The summed E-state index contributed by atoms with van der Waals surface area (Å²) in [5.74, 6) is -3.18. The van der Waals surface area contributed by atoms with E-state index in [1.165, 1.54) is 6.92 Å². The van der Waals surface area contributed by atoms with E-state index in [1.54, 1.807) is 48.5 Å². The SMILES string of the molecule is CC(=O)Nc1ccc(NC(=O)COC(=O)[C@@H]2CC(=O)N(NC(=O)c3ccc(Br)cc3)C2)cc1. The Balaban J connectivity index is 1.45. The number of hydrazine groups is 1. The van der Waals surface area contributed by atoms with E-state index in [0.717, 1.165) is 9.48 Å². The van der Waals surface area contributed by atoms with E-state index in [-0.39, 0.29) is 18.9 Å². The number of hydrogen-bond acceptors (Lipinski definition) is 6. The van der Waals surface area contributed by atoms with Crippen LogP contribution in [0.25, 0.3) is 0 Å². The Labute approximate surface area is 197 Å². The summed E-state index contributed by atoms with van der Waals surface area (Å²) in [7, 11) is 0. The molecule has 0 saturated carbocycles. The third-order valence-corrected chi connectivity index (χ3v) is 5.16. The van der Waals surface area contributed by atoms with Crippen LogP contribution in [-0.4, -0.2) is 47.8 Å². The number of carbonyl (C=O) groups is 5. The van der Waals surface area contributed by atoms with Crippen LogP contribution in [0, 0.1) is 5.92 Å². The minimum Gasteiger partial charge on any atom is -0.455 e. The molecular weight excluding hydrogens is 496 g/mol. The van der Waals surface area contributed by atoms with Gasteiger partial charge in [-0.1, -0.05) is 15.9 Å². The Morgan fingerprint density at radius 1 is 1.00 bits per heavy atom. The third kappa shape index (κ3) is 6.88. The summed E-state index contributed by atoms with van der Waals surface area (Å²) in [6, 6.07) is 13.0. The fraction of sp³-hybridized carbons (Fsp3) is 0.227. The van der Waals surface area contributed by atoms with E-state index in [2.05, 4.69) is 32.0 Å². The molecule has 1 fully saturated rings. The molecule has 3 N–H and O–H groups in total. The molecule has 0 unspecified atom stereocenters. The van der Waals surface area contributed by atoms with Crippen LogP contribution in [0.15, 0.2) is 53.0 Å². The zero-order valence-electron chi connectivity index (χ0n) is 17.6. The van der Waals surface area contributed by atoms with Crippen molar-refractivity contribution in [2.24, 2.45) is 5.92 Å². The van der Waals surface area contributed by atoms with Gasteiger partial charge in [-0.2, -0.15) is 0 Å². The van der Waals surface area contributed by atoms with Crippen LogP contribution in [0.1, 0.15) is 23.7 Å². The van der Waals surface area contributed by atoms with Crippen LogP contribution in [0.3, 0.4) is 0 Å². The number of hydrogen-bond donors (Lipinski definition) is 3. The van der Waals surface area contributed by atoms with Crippen LogP contribution < -0.4 is 16.1 Å². The molecule has 0 aliphatic carbocycles. The Kier molecular flexibility index (Phi) is 7.78. The molecule has 0 aromatic heterocycles. The molecule has 10 nitrogen and oxygen atoms in total. The van der Waals surface area contributed by atoms with Gasteiger partial charge in [0.05, 0.1) is 12.5 Å². The number of carbonyl (C=O) groups excluding carboxylic acids is 5. The summed E-state index contributed by atoms with van der Waals surface area (Å²) >= 11 is 3.28. The van der Waals surface area contributed by atoms with Gasteiger partial charge in [0.1, 0.15) is 0 Å². The number of anilines is 2. The quantitative estimate of drug-likeness (QED) is 0.482. The van der Waals surface area contributed by atoms with Gasteiger partial charge in [0.15, 0.2) is 6.61 Å². The number of halogens is 1.